The predicted molar refractivity (Wildman–Crippen MR) is 86.4 cm³/mol. The van der Waals surface area contributed by atoms with Crippen molar-refractivity contribution >= 4 is 46.5 Å². The number of halogens is 1. The smallest absolute Gasteiger partial charge is 0.230 e. The molecule has 8 heteroatoms. The lowest BCUT2D eigenvalue weighted by atomic mass is 10.3. The highest BCUT2D eigenvalue weighted by Crippen LogP contribution is 2.23. The number of aryl methyl sites for hydroxylation is 1. The van der Waals surface area contributed by atoms with Crippen LogP contribution in [0.5, 0.6) is 0 Å². The Morgan fingerprint density at radius 3 is 2.73 bits per heavy atom. The van der Waals surface area contributed by atoms with Gasteiger partial charge in [-0.2, -0.15) is 0 Å². The molecule has 0 unspecified atom stereocenters. The standard InChI is InChI=1S/C14H14N4O2S.ClH/c1-9-3-2-6-15-13(9)17-14-16-10(8-21-14)7-18-11(19)4-5-12(18)20;/h2-3,6,8H,4-5,7H2,1H3,(H,15,16,17);1H. The van der Waals surface area contributed by atoms with Gasteiger partial charge >= 0.3 is 0 Å². The van der Waals surface area contributed by atoms with E-state index >= 15 is 0 Å². The third-order valence-electron chi connectivity index (χ3n) is 3.26. The molecule has 0 radical (unpaired) electrons. The summed E-state index contributed by atoms with van der Waals surface area (Å²) >= 11 is 1.43. The zero-order valence-electron chi connectivity index (χ0n) is 11.9. The molecule has 3 rings (SSSR count). The molecule has 2 amide bonds. The van der Waals surface area contributed by atoms with Gasteiger partial charge in [0.1, 0.15) is 5.82 Å². The summed E-state index contributed by atoms with van der Waals surface area (Å²) in [5.74, 6) is 0.512. The van der Waals surface area contributed by atoms with Gasteiger partial charge in [0.25, 0.3) is 0 Å². The average molecular weight is 339 g/mol. The summed E-state index contributed by atoms with van der Waals surface area (Å²) < 4.78 is 0. The maximum Gasteiger partial charge on any atom is 0.230 e. The number of likely N-dealkylation sites (tertiary alicyclic amines) is 1. The van der Waals surface area contributed by atoms with Crippen LogP contribution in [0.3, 0.4) is 0 Å². The molecule has 0 aromatic carbocycles. The number of carbonyl (C=O) groups is 2. The Balaban J connectivity index is 0.00000176. The van der Waals surface area contributed by atoms with Crippen molar-refractivity contribution in [3.8, 4) is 0 Å². The minimum absolute atomic E-state index is 0. The number of pyridine rings is 1. The van der Waals surface area contributed by atoms with Crippen molar-refractivity contribution in [3.63, 3.8) is 0 Å². The van der Waals surface area contributed by atoms with Gasteiger partial charge < -0.3 is 5.32 Å². The molecule has 2 aromatic rings. The molecule has 3 heterocycles. The van der Waals surface area contributed by atoms with Crippen LogP contribution in [0.2, 0.25) is 0 Å². The molecule has 1 aliphatic rings. The number of anilines is 2. The Hall–Kier alpha value is -1.99. The van der Waals surface area contributed by atoms with Gasteiger partial charge in [-0.25, -0.2) is 9.97 Å². The number of rotatable bonds is 4. The van der Waals surface area contributed by atoms with Crippen LogP contribution in [0.15, 0.2) is 23.7 Å². The fraction of sp³-hybridized carbons (Fsp3) is 0.286. The molecule has 0 spiro atoms. The first-order chi connectivity index (χ1) is 10.1. The number of nitrogens with zero attached hydrogens (tertiary/aromatic N) is 3. The average Bonchev–Trinajstić information content (AvgIpc) is 3.03. The van der Waals surface area contributed by atoms with E-state index in [4.69, 9.17) is 0 Å². The highest BCUT2D eigenvalue weighted by Gasteiger charge is 2.29. The maximum atomic E-state index is 11.6. The number of amides is 2. The van der Waals surface area contributed by atoms with Gasteiger partial charge in [-0.05, 0) is 18.6 Å². The van der Waals surface area contributed by atoms with Crippen molar-refractivity contribution in [2.45, 2.75) is 26.3 Å². The number of nitrogens with one attached hydrogen (secondary N) is 1. The van der Waals surface area contributed by atoms with Crippen molar-refractivity contribution in [3.05, 3.63) is 35.0 Å². The summed E-state index contributed by atoms with van der Waals surface area (Å²) in [7, 11) is 0. The Kier molecular flexibility index (Phi) is 5.10. The second-order valence-electron chi connectivity index (χ2n) is 4.81. The molecule has 22 heavy (non-hydrogen) atoms. The van der Waals surface area contributed by atoms with Gasteiger partial charge in [-0.1, -0.05) is 6.07 Å². The molecule has 1 fully saturated rings. The van der Waals surface area contributed by atoms with Crippen LogP contribution in [0.1, 0.15) is 24.1 Å². The monoisotopic (exact) mass is 338 g/mol. The molecule has 1 saturated heterocycles. The Morgan fingerprint density at radius 1 is 1.32 bits per heavy atom. The first kappa shape index (κ1) is 16.4. The third-order valence-corrected chi connectivity index (χ3v) is 4.07. The molecule has 0 bridgehead atoms. The number of carbonyl (C=O) groups excluding carboxylic acids is 2. The van der Waals surface area contributed by atoms with Crippen LogP contribution in [0, 0.1) is 6.92 Å². The molecule has 6 nitrogen and oxygen atoms in total. The van der Waals surface area contributed by atoms with Crippen LogP contribution in [0.25, 0.3) is 0 Å². The van der Waals surface area contributed by atoms with Crippen LogP contribution in [0.4, 0.5) is 10.9 Å². The van der Waals surface area contributed by atoms with E-state index in [-0.39, 0.29) is 30.8 Å². The lowest BCUT2D eigenvalue weighted by Crippen LogP contribution is -2.28. The largest absolute Gasteiger partial charge is 0.316 e. The minimum Gasteiger partial charge on any atom is -0.316 e. The summed E-state index contributed by atoms with van der Waals surface area (Å²) in [4.78, 5) is 33.1. The van der Waals surface area contributed by atoms with Crippen LogP contribution in [-0.2, 0) is 16.1 Å². The van der Waals surface area contributed by atoms with Crippen LogP contribution in [-0.4, -0.2) is 26.7 Å². The summed E-state index contributed by atoms with van der Waals surface area (Å²) in [5, 5.41) is 5.69. The zero-order valence-corrected chi connectivity index (χ0v) is 13.5. The van der Waals surface area contributed by atoms with Gasteiger partial charge in [0.15, 0.2) is 5.13 Å². The summed E-state index contributed by atoms with van der Waals surface area (Å²) in [5.41, 5.74) is 1.74. The Labute approximate surface area is 138 Å². The summed E-state index contributed by atoms with van der Waals surface area (Å²) in [6, 6.07) is 3.84. The second-order valence-corrected chi connectivity index (χ2v) is 5.67. The Bertz CT molecular complexity index is 688. The number of imide groups is 1. The van der Waals surface area contributed by atoms with E-state index in [1.54, 1.807) is 6.20 Å². The molecule has 0 saturated carbocycles. The fourth-order valence-electron chi connectivity index (χ4n) is 2.12. The number of aromatic nitrogens is 2. The van der Waals surface area contributed by atoms with Crippen molar-refractivity contribution in [1.29, 1.82) is 0 Å². The van der Waals surface area contributed by atoms with Crippen molar-refractivity contribution < 1.29 is 9.59 Å². The van der Waals surface area contributed by atoms with E-state index in [0.717, 1.165) is 11.4 Å². The lowest BCUT2D eigenvalue weighted by molar-refractivity contribution is -0.139. The van der Waals surface area contributed by atoms with E-state index < -0.39 is 0 Å². The van der Waals surface area contributed by atoms with E-state index in [2.05, 4.69) is 15.3 Å². The highest BCUT2D eigenvalue weighted by atomic mass is 35.5. The molecule has 2 aromatic heterocycles. The first-order valence-corrected chi connectivity index (χ1v) is 7.47. The second kappa shape index (κ2) is 6.85. The molecular formula is C14H15ClN4O2S. The van der Waals surface area contributed by atoms with Crippen LogP contribution >= 0.6 is 23.7 Å². The quantitative estimate of drug-likeness (QED) is 0.867. The SMILES string of the molecule is Cc1cccnc1Nc1nc(CN2C(=O)CCC2=O)cs1.Cl. The molecule has 1 aliphatic heterocycles. The van der Waals surface area contributed by atoms with Gasteiger partial charge in [0.05, 0.1) is 12.2 Å². The van der Waals surface area contributed by atoms with Crippen LogP contribution < -0.4 is 5.32 Å². The van der Waals surface area contributed by atoms with Gasteiger partial charge in [0.2, 0.25) is 11.8 Å². The van der Waals surface area contributed by atoms with E-state index in [1.165, 1.54) is 16.2 Å². The molecule has 116 valence electrons. The summed E-state index contributed by atoms with van der Waals surface area (Å²) in [6.45, 7) is 2.21. The molecule has 0 aliphatic carbocycles. The Morgan fingerprint density at radius 2 is 2.05 bits per heavy atom. The van der Waals surface area contributed by atoms with Crippen molar-refractivity contribution in [2.75, 3.05) is 5.32 Å². The van der Waals surface area contributed by atoms with E-state index in [9.17, 15) is 9.59 Å². The first-order valence-electron chi connectivity index (χ1n) is 6.60. The van der Waals surface area contributed by atoms with Crippen molar-refractivity contribution in [1.82, 2.24) is 14.9 Å². The topological polar surface area (TPSA) is 75.2 Å². The molecule has 1 N–H and O–H groups in total. The normalized spacial score (nSPS) is 14.1. The van der Waals surface area contributed by atoms with Gasteiger partial charge in [-0.15, -0.1) is 23.7 Å². The fourth-order valence-corrected chi connectivity index (χ4v) is 2.82. The lowest BCUT2D eigenvalue weighted by Gasteiger charge is -2.11. The zero-order chi connectivity index (χ0) is 14.8. The predicted octanol–water partition coefficient (Wildman–Crippen LogP) is 2.66. The number of thiazole rings is 1. The summed E-state index contributed by atoms with van der Waals surface area (Å²) in [6.07, 6.45) is 2.33. The third kappa shape index (κ3) is 3.42. The maximum absolute atomic E-state index is 11.6. The molecule has 0 atom stereocenters. The highest BCUT2D eigenvalue weighted by molar-refractivity contribution is 7.13. The van der Waals surface area contributed by atoms with Gasteiger partial charge in [-0.3, -0.25) is 14.5 Å². The number of hydrogen-bond donors (Lipinski definition) is 1. The van der Waals surface area contributed by atoms with Crippen molar-refractivity contribution in [2.24, 2.45) is 0 Å². The van der Waals surface area contributed by atoms with E-state index in [0.29, 0.717) is 23.7 Å². The van der Waals surface area contributed by atoms with E-state index in [1.807, 2.05) is 24.4 Å². The number of hydrogen-bond acceptors (Lipinski definition) is 6. The molecular weight excluding hydrogens is 324 g/mol. The van der Waals surface area contributed by atoms with Gasteiger partial charge in [0, 0.05) is 24.4 Å². The minimum atomic E-state index is -0.122.